The van der Waals surface area contributed by atoms with Crippen LogP contribution in [0.25, 0.3) is 16.9 Å². The van der Waals surface area contributed by atoms with Crippen LogP contribution in [0, 0.1) is 5.82 Å². The first-order chi connectivity index (χ1) is 8.66. The lowest BCUT2D eigenvalue weighted by atomic mass is 10.1. The molecule has 0 bridgehead atoms. The summed E-state index contributed by atoms with van der Waals surface area (Å²) in [5.41, 5.74) is 8.02. The number of hydrogen-bond acceptors (Lipinski definition) is 2. The summed E-state index contributed by atoms with van der Waals surface area (Å²) in [6.45, 7) is 0. The van der Waals surface area contributed by atoms with E-state index in [0.717, 1.165) is 5.65 Å². The number of rotatable bonds is 1. The first-order valence-corrected chi connectivity index (χ1v) is 6.14. The van der Waals surface area contributed by atoms with Gasteiger partial charge in [0, 0.05) is 11.8 Å². The minimum atomic E-state index is -0.330. The molecular weight excluding hydrogens is 297 g/mol. The Balaban J connectivity index is 2.25. The summed E-state index contributed by atoms with van der Waals surface area (Å²) in [6, 6.07) is 10.5. The maximum Gasteiger partial charge on any atom is 0.139 e. The average Bonchev–Trinajstić information content (AvgIpc) is 2.71. The van der Waals surface area contributed by atoms with E-state index in [2.05, 4.69) is 20.9 Å². The van der Waals surface area contributed by atoms with Crippen molar-refractivity contribution in [3.63, 3.8) is 0 Å². The molecule has 2 heterocycles. The number of nitrogen functional groups attached to an aromatic ring is 1. The first-order valence-electron chi connectivity index (χ1n) is 5.35. The van der Waals surface area contributed by atoms with Gasteiger partial charge in [0.1, 0.15) is 23.0 Å². The van der Waals surface area contributed by atoms with Gasteiger partial charge in [-0.25, -0.2) is 9.37 Å². The standard InChI is InChI=1S/C13H9BrFN3/c14-9-5-4-8(7-10(9)15)12-13(16)18-6-2-1-3-11(18)17-12/h1-7H,16H2. The van der Waals surface area contributed by atoms with Crippen molar-refractivity contribution in [1.82, 2.24) is 9.38 Å². The zero-order valence-corrected chi connectivity index (χ0v) is 10.9. The van der Waals surface area contributed by atoms with Crippen LogP contribution in [0.4, 0.5) is 10.2 Å². The fraction of sp³-hybridized carbons (Fsp3) is 0. The smallest absolute Gasteiger partial charge is 0.139 e. The summed E-state index contributed by atoms with van der Waals surface area (Å²) in [7, 11) is 0. The van der Waals surface area contributed by atoms with Crippen LogP contribution in [-0.4, -0.2) is 9.38 Å². The van der Waals surface area contributed by atoms with Crippen LogP contribution in [0.1, 0.15) is 0 Å². The average molecular weight is 306 g/mol. The third-order valence-electron chi connectivity index (χ3n) is 2.76. The number of hydrogen-bond donors (Lipinski definition) is 1. The highest BCUT2D eigenvalue weighted by atomic mass is 79.9. The maximum atomic E-state index is 13.5. The van der Waals surface area contributed by atoms with Gasteiger partial charge in [0.05, 0.1) is 4.47 Å². The number of aromatic nitrogens is 2. The molecule has 0 fully saturated rings. The Morgan fingerprint density at radius 3 is 2.78 bits per heavy atom. The molecule has 1 aromatic carbocycles. The van der Waals surface area contributed by atoms with Crippen LogP contribution < -0.4 is 5.73 Å². The molecule has 0 radical (unpaired) electrons. The van der Waals surface area contributed by atoms with Gasteiger partial charge in [0.15, 0.2) is 0 Å². The molecule has 2 N–H and O–H groups in total. The highest BCUT2D eigenvalue weighted by molar-refractivity contribution is 9.10. The Labute approximate surface area is 111 Å². The van der Waals surface area contributed by atoms with Crippen molar-refractivity contribution in [2.75, 3.05) is 5.73 Å². The van der Waals surface area contributed by atoms with Crippen molar-refractivity contribution >= 4 is 27.4 Å². The van der Waals surface area contributed by atoms with Crippen LogP contribution >= 0.6 is 15.9 Å². The minimum absolute atomic E-state index is 0.330. The molecule has 3 rings (SSSR count). The third-order valence-corrected chi connectivity index (χ3v) is 3.40. The molecule has 0 amide bonds. The van der Waals surface area contributed by atoms with Gasteiger partial charge in [0.25, 0.3) is 0 Å². The molecule has 0 atom stereocenters. The van der Waals surface area contributed by atoms with Crippen molar-refractivity contribution in [3.05, 3.63) is 52.9 Å². The largest absolute Gasteiger partial charge is 0.383 e. The van der Waals surface area contributed by atoms with E-state index in [-0.39, 0.29) is 5.82 Å². The number of pyridine rings is 1. The summed E-state index contributed by atoms with van der Waals surface area (Å²) in [4.78, 5) is 4.41. The third kappa shape index (κ3) is 1.67. The zero-order valence-electron chi connectivity index (χ0n) is 9.27. The molecule has 0 saturated heterocycles. The van der Waals surface area contributed by atoms with E-state index in [1.807, 2.05) is 24.4 Å². The quantitative estimate of drug-likeness (QED) is 0.748. The van der Waals surface area contributed by atoms with Crippen molar-refractivity contribution < 1.29 is 4.39 Å². The van der Waals surface area contributed by atoms with E-state index in [1.165, 1.54) is 6.07 Å². The van der Waals surface area contributed by atoms with Gasteiger partial charge in [-0.15, -0.1) is 0 Å². The molecule has 0 aliphatic heterocycles. The molecule has 0 unspecified atom stereocenters. The zero-order chi connectivity index (χ0) is 12.7. The van der Waals surface area contributed by atoms with Gasteiger partial charge < -0.3 is 5.73 Å². The lowest BCUT2D eigenvalue weighted by Gasteiger charge is -2.01. The van der Waals surface area contributed by atoms with Gasteiger partial charge in [0.2, 0.25) is 0 Å². The maximum absolute atomic E-state index is 13.5. The number of imidazole rings is 1. The van der Waals surface area contributed by atoms with E-state index in [4.69, 9.17) is 5.73 Å². The molecule has 3 aromatic rings. The van der Waals surface area contributed by atoms with Crippen LogP contribution in [0.5, 0.6) is 0 Å². The summed E-state index contributed by atoms with van der Waals surface area (Å²) in [5, 5.41) is 0. The molecule has 3 nitrogen and oxygen atoms in total. The lowest BCUT2D eigenvalue weighted by Crippen LogP contribution is -1.93. The molecule has 18 heavy (non-hydrogen) atoms. The molecule has 90 valence electrons. The predicted molar refractivity (Wildman–Crippen MR) is 72.7 cm³/mol. The summed E-state index contributed by atoms with van der Waals surface area (Å²) < 4.78 is 15.7. The number of anilines is 1. The Bertz CT molecular complexity index is 736. The number of benzene rings is 1. The van der Waals surface area contributed by atoms with E-state index in [0.29, 0.717) is 21.5 Å². The lowest BCUT2D eigenvalue weighted by molar-refractivity contribution is 0.621. The topological polar surface area (TPSA) is 43.3 Å². The summed E-state index contributed by atoms with van der Waals surface area (Å²) in [6.07, 6.45) is 1.83. The van der Waals surface area contributed by atoms with Crippen molar-refractivity contribution in [3.8, 4) is 11.3 Å². The highest BCUT2D eigenvalue weighted by Gasteiger charge is 2.12. The number of nitrogens with zero attached hydrogens (tertiary/aromatic N) is 2. The van der Waals surface area contributed by atoms with Crippen LogP contribution in [0.15, 0.2) is 47.1 Å². The molecule has 0 saturated carbocycles. The van der Waals surface area contributed by atoms with Gasteiger partial charge in [-0.2, -0.15) is 0 Å². The van der Waals surface area contributed by atoms with E-state index in [1.54, 1.807) is 16.5 Å². The van der Waals surface area contributed by atoms with E-state index >= 15 is 0 Å². The molecule has 0 spiro atoms. The SMILES string of the molecule is Nc1c(-c2ccc(Br)c(F)c2)nc2ccccn12. The Kier molecular flexibility index (Phi) is 2.56. The van der Waals surface area contributed by atoms with Crippen molar-refractivity contribution in [2.24, 2.45) is 0 Å². The van der Waals surface area contributed by atoms with Crippen molar-refractivity contribution in [2.45, 2.75) is 0 Å². The molecule has 0 aliphatic rings. The second-order valence-electron chi connectivity index (χ2n) is 3.90. The second kappa shape index (κ2) is 4.10. The predicted octanol–water partition coefficient (Wildman–Crippen LogP) is 3.49. The summed E-state index contributed by atoms with van der Waals surface area (Å²) in [5.74, 6) is 0.177. The summed E-state index contributed by atoms with van der Waals surface area (Å²) >= 11 is 3.12. The van der Waals surface area contributed by atoms with Crippen LogP contribution in [0.3, 0.4) is 0 Å². The van der Waals surface area contributed by atoms with Gasteiger partial charge in [-0.3, -0.25) is 4.40 Å². The van der Waals surface area contributed by atoms with Crippen LogP contribution in [0.2, 0.25) is 0 Å². The molecule has 5 heteroatoms. The normalized spacial score (nSPS) is 11.0. The van der Waals surface area contributed by atoms with E-state index in [9.17, 15) is 4.39 Å². The number of fused-ring (bicyclic) bond motifs is 1. The van der Waals surface area contributed by atoms with E-state index < -0.39 is 0 Å². The Morgan fingerprint density at radius 2 is 2.06 bits per heavy atom. The fourth-order valence-corrected chi connectivity index (χ4v) is 2.12. The van der Waals surface area contributed by atoms with Gasteiger partial charge >= 0.3 is 0 Å². The molecular formula is C13H9BrFN3. The number of nitrogens with two attached hydrogens (primary N) is 1. The fourth-order valence-electron chi connectivity index (χ4n) is 1.87. The van der Waals surface area contributed by atoms with Crippen molar-refractivity contribution in [1.29, 1.82) is 0 Å². The second-order valence-corrected chi connectivity index (χ2v) is 4.76. The van der Waals surface area contributed by atoms with Gasteiger partial charge in [-0.05, 0) is 40.2 Å². The Morgan fingerprint density at radius 1 is 1.22 bits per heavy atom. The molecule has 0 aliphatic carbocycles. The number of halogens is 2. The Hall–Kier alpha value is -1.88. The molecule has 2 aromatic heterocycles. The monoisotopic (exact) mass is 305 g/mol. The minimum Gasteiger partial charge on any atom is -0.383 e. The first kappa shape index (κ1) is 11.2. The highest BCUT2D eigenvalue weighted by Crippen LogP contribution is 2.28. The van der Waals surface area contributed by atoms with Crippen LogP contribution in [-0.2, 0) is 0 Å². The van der Waals surface area contributed by atoms with Gasteiger partial charge in [-0.1, -0.05) is 12.1 Å².